The summed E-state index contributed by atoms with van der Waals surface area (Å²) in [5.41, 5.74) is 2.30. The Morgan fingerprint density at radius 1 is 1.24 bits per heavy atom. The van der Waals surface area contributed by atoms with Crippen LogP contribution in [0.1, 0.15) is 58.8 Å². The lowest BCUT2D eigenvalue weighted by Crippen LogP contribution is -2.53. The monoisotopic (exact) mass is 295 g/mol. The SMILES string of the molecule is CCNC(Cc1cc(C)nn1CC)C(CC)(CC)OCC. The molecule has 0 spiro atoms. The van der Waals surface area contributed by atoms with Gasteiger partial charge in [0.25, 0.3) is 0 Å². The molecule has 0 saturated heterocycles. The number of hydrogen-bond donors (Lipinski definition) is 1. The van der Waals surface area contributed by atoms with E-state index >= 15 is 0 Å². The molecule has 0 radical (unpaired) electrons. The van der Waals surface area contributed by atoms with Gasteiger partial charge in [-0.1, -0.05) is 20.8 Å². The number of nitrogens with zero attached hydrogens (tertiary/aromatic N) is 2. The summed E-state index contributed by atoms with van der Waals surface area (Å²) < 4.78 is 8.32. The Hall–Kier alpha value is -0.870. The Balaban J connectivity index is 3.04. The average Bonchev–Trinajstić information content (AvgIpc) is 2.84. The topological polar surface area (TPSA) is 39.1 Å². The second-order valence-electron chi connectivity index (χ2n) is 5.61. The summed E-state index contributed by atoms with van der Waals surface area (Å²) in [6, 6.07) is 2.52. The van der Waals surface area contributed by atoms with Gasteiger partial charge in [-0.05, 0) is 46.2 Å². The minimum absolute atomic E-state index is 0.0957. The fourth-order valence-electron chi connectivity index (χ4n) is 3.27. The highest BCUT2D eigenvalue weighted by atomic mass is 16.5. The van der Waals surface area contributed by atoms with Crippen molar-refractivity contribution in [1.29, 1.82) is 0 Å². The first-order valence-electron chi connectivity index (χ1n) is 8.47. The molecule has 0 aliphatic heterocycles. The average molecular weight is 295 g/mol. The van der Waals surface area contributed by atoms with Crippen LogP contribution in [0.2, 0.25) is 0 Å². The van der Waals surface area contributed by atoms with Crippen molar-refractivity contribution in [3.63, 3.8) is 0 Å². The van der Waals surface area contributed by atoms with E-state index in [1.54, 1.807) is 0 Å². The van der Waals surface area contributed by atoms with E-state index in [1.165, 1.54) is 5.69 Å². The van der Waals surface area contributed by atoms with Gasteiger partial charge in [-0.15, -0.1) is 0 Å². The van der Waals surface area contributed by atoms with Crippen LogP contribution >= 0.6 is 0 Å². The van der Waals surface area contributed by atoms with Crippen molar-refractivity contribution >= 4 is 0 Å². The summed E-state index contributed by atoms with van der Waals surface area (Å²) in [6.45, 7) is 15.6. The van der Waals surface area contributed by atoms with E-state index in [4.69, 9.17) is 4.74 Å². The summed E-state index contributed by atoms with van der Waals surface area (Å²) in [6.07, 6.45) is 3.01. The van der Waals surface area contributed by atoms with Gasteiger partial charge in [0.15, 0.2) is 0 Å². The van der Waals surface area contributed by atoms with Crippen LogP contribution in [0.5, 0.6) is 0 Å². The Morgan fingerprint density at radius 2 is 1.90 bits per heavy atom. The number of aryl methyl sites for hydroxylation is 2. The van der Waals surface area contributed by atoms with Gasteiger partial charge >= 0.3 is 0 Å². The van der Waals surface area contributed by atoms with Gasteiger partial charge in [0.05, 0.1) is 11.3 Å². The van der Waals surface area contributed by atoms with Crippen LogP contribution in [-0.4, -0.2) is 34.6 Å². The lowest BCUT2D eigenvalue weighted by molar-refractivity contribution is -0.0719. The maximum Gasteiger partial charge on any atom is 0.0833 e. The molecule has 4 nitrogen and oxygen atoms in total. The predicted octanol–water partition coefficient (Wildman–Crippen LogP) is 3.33. The number of ether oxygens (including phenoxy) is 1. The van der Waals surface area contributed by atoms with Gasteiger partial charge in [0.1, 0.15) is 0 Å². The van der Waals surface area contributed by atoms with Crippen LogP contribution < -0.4 is 5.32 Å². The van der Waals surface area contributed by atoms with Crippen LogP contribution in [0.4, 0.5) is 0 Å². The molecule has 0 bridgehead atoms. The number of rotatable bonds is 10. The van der Waals surface area contributed by atoms with Gasteiger partial charge < -0.3 is 10.1 Å². The van der Waals surface area contributed by atoms with E-state index in [0.29, 0.717) is 6.04 Å². The number of aromatic nitrogens is 2. The number of likely N-dealkylation sites (N-methyl/N-ethyl adjacent to an activating group) is 1. The van der Waals surface area contributed by atoms with Crippen LogP contribution in [0, 0.1) is 6.92 Å². The van der Waals surface area contributed by atoms with Crippen molar-refractivity contribution in [2.45, 2.75) is 79.0 Å². The minimum atomic E-state index is -0.0957. The summed E-state index contributed by atoms with van der Waals surface area (Å²) >= 11 is 0. The molecule has 1 N–H and O–H groups in total. The highest BCUT2D eigenvalue weighted by Crippen LogP contribution is 2.27. The zero-order valence-corrected chi connectivity index (χ0v) is 14.7. The molecule has 0 amide bonds. The first kappa shape index (κ1) is 18.2. The van der Waals surface area contributed by atoms with E-state index in [0.717, 1.165) is 44.7 Å². The fraction of sp³-hybridized carbons (Fsp3) is 0.824. The molecule has 0 aliphatic carbocycles. The second-order valence-corrected chi connectivity index (χ2v) is 5.61. The van der Waals surface area contributed by atoms with Crippen LogP contribution in [0.3, 0.4) is 0 Å². The molecule has 1 unspecified atom stereocenters. The standard InChI is InChI=1S/C17H33N3O/c1-7-17(8-2,21-11-5)16(18-9-3)13-15-12-14(6)19-20(15)10-4/h12,16,18H,7-11,13H2,1-6H3. The molecule has 0 saturated carbocycles. The highest BCUT2D eigenvalue weighted by Gasteiger charge is 2.36. The third-order valence-electron chi connectivity index (χ3n) is 4.41. The van der Waals surface area contributed by atoms with Crippen molar-refractivity contribution in [2.75, 3.05) is 13.2 Å². The smallest absolute Gasteiger partial charge is 0.0833 e. The normalized spacial score (nSPS) is 13.6. The van der Waals surface area contributed by atoms with Gasteiger partial charge in [-0.2, -0.15) is 5.10 Å². The predicted molar refractivity (Wildman–Crippen MR) is 88.7 cm³/mol. The van der Waals surface area contributed by atoms with Gasteiger partial charge in [-0.25, -0.2) is 0 Å². The molecule has 1 rings (SSSR count). The van der Waals surface area contributed by atoms with Crippen molar-refractivity contribution in [1.82, 2.24) is 15.1 Å². The Bertz CT molecular complexity index is 410. The number of hydrogen-bond acceptors (Lipinski definition) is 3. The summed E-state index contributed by atoms with van der Waals surface area (Å²) in [4.78, 5) is 0. The quantitative estimate of drug-likeness (QED) is 0.719. The molecule has 21 heavy (non-hydrogen) atoms. The zero-order chi connectivity index (χ0) is 15.9. The van der Waals surface area contributed by atoms with E-state index in [-0.39, 0.29) is 5.60 Å². The van der Waals surface area contributed by atoms with Crippen molar-refractivity contribution in [3.05, 3.63) is 17.5 Å². The van der Waals surface area contributed by atoms with Crippen molar-refractivity contribution < 1.29 is 4.74 Å². The van der Waals surface area contributed by atoms with Gasteiger partial charge in [0.2, 0.25) is 0 Å². The molecule has 1 aromatic heterocycles. The molecule has 122 valence electrons. The Kier molecular flexibility index (Phi) is 7.40. The molecule has 0 aliphatic rings. The first-order valence-corrected chi connectivity index (χ1v) is 8.47. The molecule has 4 heteroatoms. The van der Waals surface area contributed by atoms with Crippen LogP contribution in [0.25, 0.3) is 0 Å². The Labute approximate surface area is 130 Å². The largest absolute Gasteiger partial charge is 0.374 e. The van der Waals surface area contributed by atoms with E-state index in [1.807, 2.05) is 0 Å². The molecular formula is C17H33N3O. The molecule has 1 heterocycles. The van der Waals surface area contributed by atoms with E-state index in [9.17, 15) is 0 Å². The summed E-state index contributed by atoms with van der Waals surface area (Å²) in [5, 5.41) is 8.22. The maximum absolute atomic E-state index is 6.20. The van der Waals surface area contributed by atoms with E-state index in [2.05, 4.69) is 62.7 Å². The summed E-state index contributed by atoms with van der Waals surface area (Å²) in [5.74, 6) is 0. The lowest BCUT2D eigenvalue weighted by Gasteiger charge is -2.40. The second kappa shape index (κ2) is 8.54. The highest BCUT2D eigenvalue weighted by molar-refractivity contribution is 5.12. The van der Waals surface area contributed by atoms with Crippen LogP contribution in [0.15, 0.2) is 6.07 Å². The van der Waals surface area contributed by atoms with Crippen molar-refractivity contribution in [2.24, 2.45) is 0 Å². The zero-order valence-electron chi connectivity index (χ0n) is 14.7. The molecular weight excluding hydrogens is 262 g/mol. The lowest BCUT2D eigenvalue weighted by atomic mass is 9.85. The maximum atomic E-state index is 6.20. The van der Waals surface area contributed by atoms with Gasteiger partial charge in [-0.3, -0.25) is 4.68 Å². The fourth-order valence-corrected chi connectivity index (χ4v) is 3.27. The van der Waals surface area contributed by atoms with Crippen LogP contribution in [-0.2, 0) is 17.7 Å². The van der Waals surface area contributed by atoms with E-state index < -0.39 is 0 Å². The van der Waals surface area contributed by atoms with Crippen molar-refractivity contribution in [3.8, 4) is 0 Å². The first-order chi connectivity index (χ1) is 10.1. The summed E-state index contributed by atoms with van der Waals surface area (Å²) in [7, 11) is 0. The van der Waals surface area contributed by atoms with Gasteiger partial charge in [0, 0.05) is 31.3 Å². The molecule has 1 aromatic rings. The molecule has 1 atom stereocenters. The number of nitrogens with one attached hydrogen (secondary N) is 1. The third kappa shape index (κ3) is 4.30. The molecule has 0 fully saturated rings. The minimum Gasteiger partial charge on any atom is -0.374 e. The third-order valence-corrected chi connectivity index (χ3v) is 4.41. The molecule has 0 aromatic carbocycles. The Morgan fingerprint density at radius 3 is 2.38 bits per heavy atom.